The lowest BCUT2D eigenvalue weighted by Crippen LogP contribution is -1.96. The Balaban J connectivity index is 2.19. The molecule has 0 aliphatic rings. The molecule has 2 aromatic heterocycles. The number of rotatable bonds is 2. The van der Waals surface area contributed by atoms with E-state index in [1.54, 1.807) is 18.3 Å². The van der Waals surface area contributed by atoms with E-state index in [0.717, 1.165) is 4.47 Å². The standard InChI is InChI=1S/C13H8BrN3O2/c14-7-4-5-10(15-6-7)12-16-9-3-1-2-8(13(18)19)11(9)17-12/h1-6H,(H,16,17)(H,18,19). The minimum Gasteiger partial charge on any atom is -0.478 e. The van der Waals surface area contributed by atoms with E-state index in [4.69, 9.17) is 5.11 Å². The average Bonchev–Trinajstić information content (AvgIpc) is 2.82. The van der Waals surface area contributed by atoms with E-state index in [-0.39, 0.29) is 5.56 Å². The number of carboxylic acids is 1. The number of pyridine rings is 1. The Bertz CT molecular complexity index is 765. The van der Waals surface area contributed by atoms with E-state index < -0.39 is 5.97 Å². The zero-order valence-electron chi connectivity index (χ0n) is 9.59. The average molecular weight is 318 g/mol. The Morgan fingerprint density at radius 3 is 2.79 bits per heavy atom. The summed E-state index contributed by atoms with van der Waals surface area (Å²) >= 11 is 3.31. The largest absolute Gasteiger partial charge is 0.478 e. The topological polar surface area (TPSA) is 78.9 Å². The summed E-state index contributed by atoms with van der Waals surface area (Å²) in [4.78, 5) is 22.8. The Morgan fingerprint density at radius 2 is 2.11 bits per heavy atom. The van der Waals surface area contributed by atoms with Crippen molar-refractivity contribution in [2.75, 3.05) is 0 Å². The number of hydrogen-bond donors (Lipinski definition) is 2. The molecule has 94 valence electrons. The van der Waals surface area contributed by atoms with Gasteiger partial charge in [0.05, 0.1) is 11.1 Å². The number of hydrogen-bond acceptors (Lipinski definition) is 3. The fourth-order valence-corrected chi connectivity index (χ4v) is 2.08. The minimum absolute atomic E-state index is 0.178. The van der Waals surface area contributed by atoms with Crippen molar-refractivity contribution in [2.45, 2.75) is 0 Å². The second-order valence-corrected chi connectivity index (χ2v) is 4.87. The highest BCUT2D eigenvalue weighted by molar-refractivity contribution is 9.10. The van der Waals surface area contributed by atoms with Crippen molar-refractivity contribution in [3.8, 4) is 11.5 Å². The number of H-pyrrole nitrogens is 1. The summed E-state index contributed by atoms with van der Waals surface area (Å²) in [5.74, 6) is -0.441. The molecule has 0 saturated carbocycles. The maximum absolute atomic E-state index is 11.1. The maximum atomic E-state index is 11.1. The highest BCUT2D eigenvalue weighted by Crippen LogP contribution is 2.22. The van der Waals surface area contributed by atoms with E-state index in [1.165, 1.54) is 6.07 Å². The first kappa shape index (κ1) is 11.9. The van der Waals surface area contributed by atoms with E-state index in [9.17, 15) is 4.79 Å². The van der Waals surface area contributed by atoms with Gasteiger partial charge in [-0.05, 0) is 40.2 Å². The molecule has 0 spiro atoms. The van der Waals surface area contributed by atoms with Gasteiger partial charge in [0.15, 0.2) is 5.82 Å². The van der Waals surface area contributed by atoms with Gasteiger partial charge in [-0.1, -0.05) is 6.07 Å². The molecule has 0 radical (unpaired) electrons. The lowest BCUT2D eigenvalue weighted by Gasteiger charge is -1.94. The number of imidazole rings is 1. The molecule has 0 saturated heterocycles. The van der Waals surface area contributed by atoms with E-state index in [1.807, 2.05) is 12.1 Å². The Labute approximate surface area is 116 Å². The van der Waals surface area contributed by atoms with Gasteiger partial charge in [0.1, 0.15) is 11.2 Å². The van der Waals surface area contributed by atoms with Gasteiger partial charge in [0, 0.05) is 10.7 Å². The van der Waals surface area contributed by atoms with E-state index in [0.29, 0.717) is 22.6 Å². The van der Waals surface area contributed by atoms with Crippen molar-refractivity contribution in [3.05, 3.63) is 46.6 Å². The molecule has 6 heteroatoms. The molecule has 0 amide bonds. The Morgan fingerprint density at radius 1 is 1.26 bits per heavy atom. The van der Waals surface area contributed by atoms with Gasteiger partial charge in [-0.15, -0.1) is 0 Å². The van der Waals surface area contributed by atoms with Crippen LogP contribution in [0.3, 0.4) is 0 Å². The monoisotopic (exact) mass is 317 g/mol. The summed E-state index contributed by atoms with van der Waals surface area (Å²) in [6.45, 7) is 0. The summed E-state index contributed by atoms with van der Waals surface area (Å²) in [6.07, 6.45) is 1.67. The lowest BCUT2D eigenvalue weighted by atomic mass is 10.2. The molecule has 0 bridgehead atoms. The third-order valence-corrected chi connectivity index (χ3v) is 3.18. The smallest absolute Gasteiger partial charge is 0.337 e. The van der Waals surface area contributed by atoms with Crippen molar-refractivity contribution in [1.29, 1.82) is 0 Å². The van der Waals surface area contributed by atoms with Crippen LogP contribution < -0.4 is 0 Å². The number of aromatic carboxylic acids is 1. The highest BCUT2D eigenvalue weighted by Gasteiger charge is 2.13. The van der Waals surface area contributed by atoms with E-state index >= 15 is 0 Å². The molecule has 19 heavy (non-hydrogen) atoms. The van der Waals surface area contributed by atoms with Crippen LogP contribution in [0.1, 0.15) is 10.4 Å². The number of carboxylic acid groups (broad SMARTS) is 1. The molecule has 3 rings (SSSR count). The van der Waals surface area contributed by atoms with Crippen LogP contribution in [0.15, 0.2) is 41.0 Å². The fraction of sp³-hybridized carbons (Fsp3) is 0. The molecular formula is C13H8BrN3O2. The van der Waals surface area contributed by atoms with Crippen molar-refractivity contribution < 1.29 is 9.90 Å². The molecular weight excluding hydrogens is 310 g/mol. The third kappa shape index (κ3) is 2.10. The Kier molecular flexibility index (Phi) is 2.79. The summed E-state index contributed by atoms with van der Waals surface area (Å²) in [5, 5.41) is 9.12. The van der Waals surface area contributed by atoms with Crippen LogP contribution in [0, 0.1) is 0 Å². The van der Waals surface area contributed by atoms with Gasteiger partial charge in [0.2, 0.25) is 0 Å². The molecule has 5 nitrogen and oxygen atoms in total. The predicted molar refractivity (Wildman–Crippen MR) is 74.0 cm³/mol. The molecule has 3 aromatic rings. The van der Waals surface area contributed by atoms with Crippen molar-refractivity contribution in [1.82, 2.24) is 15.0 Å². The van der Waals surface area contributed by atoms with Gasteiger partial charge in [-0.3, -0.25) is 4.98 Å². The first-order valence-electron chi connectivity index (χ1n) is 5.49. The fourth-order valence-electron chi connectivity index (χ4n) is 1.84. The van der Waals surface area contributed by atoms with Crippen LogP contribution >= 0.6 is 15.9 Å². The molecule has 0 unspecified atom stereocenters. The van der Waals surface area contributed by atoms with Crippen LogP contribution in [0.25, 0.3) is 22.6 Å². The first-order valence-corrected chi connectivity index (χ1v) is 6.28. The van der Waals surface area contributed by atoms with Gasteiger partial charge in [-0.2, -0.15) is 0 Å². The van der Waals surface area contributed by atoms with Crippen molar-refractivity contribution >= 4 is 32.9 Å². The number of fused-ring (bicyclic) bond motifs is 1. The number of para-hydroxylation sites is 1. The molecule has 0 atom stereocenters. The molecule has 0 aliphatic heterocycles. The quantitative estimate of drug-likeness (QED) is 0.761. The van der Waals surface area contributed by atoms with Crippen molar-refractivity contribution in [2.24, 2.45) is 0 Å². The van der Waals surface area contributed by atoms with Crippen LogP contribution in [-0.2, 0) is 0 Å². The predicted octanol–water partition coefficient (Wildman–Crippen LogP) is 3.09. The Hall–Kier alpha value is -2.21. The zero-order chi connectivity index (χ0) is 13.4. The molecule has 2 heterocycles. The number of halogens is 1. The zero-order valence-corrected chi connectivity index (χ0v) is 11.2. The van der Waals surface area contributed by atoms with Crippen LogP contribution in [0.2, 0.25) is 0 Å². The van der Waals surface area contributed by atoms with Crippen LogP contribution in [0.5, 0.6) is 0 Å². The number of carbonyl (C=O) groups is 1. The SMILES string of the molecule is O=C(O)c1cccc2[nH]c(-c3ccc(Br)cn3)nc12. The number of nitrogens with zero attached hydrogens (tertiary/aromatic N) is 2. The summed E-state index contributed by atoms with van der Waals surface area (Å²) in [6, 6.07) is 8.67. The van der Waals surface area contributed by atoms with Gasteiger partial charge >= 0.3 is 5.97 Å². The van der Waals surface area contributed by atoms with Crippen LogP contribution in [0.4, 0.5) is 0 Å². The van der Waals surface area contributed by atoms with Gasteiger partial charge in [0.25, 0.3) is 0 Å². The summed E-state index contributed by atoms with van der Waals surface area (Å²) in [7, 11) is 0. The van der Waals surface area contributed by atoms with E-state index in [2.05, 4.69) is 30.9 Å². The first-order chi connectivity index (χ1) is 9.15. The number of aromatic nitrogens is 3. The number of aromatic amines is 1. The maximum Gasteiger partial charge on any atom is 0.337 e. The normalized spacial score (nSPS) is 10.8. The second-order valence-electron chi connectivity index (χ2n) is 3.95. The molecule has 1 aromatic carbocycles. The van der Waals surface area contributed by atoms with Crippen molar-refractivity contribution in [3.63, 3.8) is 0 Å². The highest BCUT2D eigenvalue weighted by atomic mass is 79.9. The number of benzene rings is 1. The third-order valence-electron chi connectivity index (χ3n) is 2.71. The molecule has 2 N–H and O–H groups in total. The van der Waals surface area contributed by atoms with Gasteiger partial charge < -0.3 is 10.1 Å². The minimum atomic E-state index is -0.993. The van der Waals surface area contributed by atoms with Crippen LogP contribution in [-0.4, -0.2) is 26.0 Å². The summed E-state index contributed by atoms with van der Waals surface area (Å²) in [5.41, 5.74) is 1.96. The molecule has 0 fully saturated rings. The summed E-state index contributed by atoms with van der Waals surface area (Å²) < 4.78 is 0.874. The lowest BCUT2D eigenvalue weighted by molar-refractivity contribution is 0.0699. The second kappa shape index (κ2) is 4.47. The molecule has 0 aliphatic carbocycles. The van der Waals surface area contributed by atoms with Gasteiger partial charge in [-0.25, -0.2) is 9.78 Å². The number of nitrogens with one attached hydrogen (secondary N) is 1.